The fourth-order valence-corrected chi connectivity index (χ4v) is 5.07. The van der Waals surface area contributed by atoms with Gasteiger partial charge >= 0.3 is 0 Å². The third-order valence-electron chi connectivity index (χ3n) is 5.88. The summed E-state index contributed by atoms with van der Waals surface area (Å²) in [7, 11) is -3.73. The van der Waals surface area contributed by atoms with Crippen LogP contribution in [0.2, 0.25) is 0 Å². The molecule has 33 heavy (non-hydrogen) atoms. The second kappa shape index (κ2) is 10.2. The lowest BCUT2D eigenvalue weighted by atomic mass is 10.1. The number of hydrogen-bond acceptors (Lipinski definition) is 4. The molecule has 6 nitrogen and oxygen atoms in total. The van der Waals surface area contributed by atoms with Gasteiger partial charge in [0.05, 0.1) is 10.6 Å². The number of carbonyl (C=O) groups excluding carboxylic acids is 1. The standard InChI is InChI=1S/C26H29N3O3S/c1-20-9-14-23(17-25(20)28-33(31,32)24-7-3-2-4-8-24)26(30)27-18-21-10-12-22(13-11-21)19-29-15-5-6-16-29/h2-4,7-14,17,28H,5-6,15-16,18-19H2,1H3,(H,27,30). The van der Waals surface area contributed by atoms with E-state index in [9.17, 15) is 13.2 Å². The molecule has 3 aromatic rings. The van der Waals surface area contributed by atoms with Crippen LogP contribution in [-0.4, -0.2) is 32.3 Å². The number of likely N-dealkylation sites (tertiary alicyclic amines) is 1. The number of hydrogen-bond donors (Lipinski definition) is 2. The number of carbonyl (C=O) groups is 1. The second-order valence-corrected chi connectivity index (χ2v) is 10.1. The molecule has 0 bridgehead atoms. The zero-order valence-electron chi connectivity index (χ0n) is 18.8. The molecule has 0 spiro atoms. The molecule has 0 unspecified atom stereocenters. The quantitative estimate of drug-likeness (QED) is 0.521. The highest BCUT2D eigenvalue weighted by Gasteiger charge is 2.16. The van der Waals surface area contributed by atoms with Crippen molar-refractivity contribution < 1.29 is 13.2 Å². The Hall–Kier alpha value is -3.16. The third-order valence-corrected chi connectivity index (χ3v) is 7.26. The van der Waals surface area contributed by atoms with Crippen LogP contribution in [0.3, 0.4) is 0 Å². The molecule has 2 N–H and O–H groups in total. The molecule has 1 aliphatic rings. The van der Waals surface area contributed by atoms with Gasteiger partial charge in [0.1, 0.15) is 0 Å². The van der Waals surface area contributed by atoms with Crippen LogP contribution in [-0.2, 0) is 23.1 Å². The zero-order valence-corrected chi connectivity index (χ0v) is 19.6. The van der Waals surface area contributed by atoms with Gasteiger partial charge in [-0.15, -0.1) is 0 Å². The zero-order chi connectivity index (χ0) is 23.3. The van der Waals surface area contributed by atoms with E-state index in [-0.39, 0.29) is 10.8 Å². The van der Waals surface area contributed by atoms with Crippen LogP contribution in [0.1, 0.15) is 39.9 Å². The van der Waals surface area contributed by atoms with E-state index in [4.69, 9.17) is 0 Å². The highest BCUT2D eigenvalue weighted by atomic mass is 32.2. The van der Waals surface area contributed by atoms with Crippen LogP contribution in [0.5, 0.6) is 0 Å². The van der Waals surface area contributed by atoms with Gasteiger partial charge in [0, 0.05) is 18.7 Å². The molecule has 1 fully saturated rings. The maximum atomic E-state index is 12.7. The van der Waals surface area contributed by atoms with Gasteiger partial charge in [-0.1, -0.05) is 48.5 Å². The largest absolute Gasteiger partial charge is 0.348 e. The number of aryl methyl sites for hydroxylation is 1. The van der Waals surface area contributed by atoms with Gasteiger partial charge in [-0.05, 0) is 73.8 Å². The van der Waals surface area contributed by atoms with Crippen molar-refractivity contribution in [2.75, 3.05) is 17.8 Å². The molecule has 1 amide bonds. The summed E-state index contributed by atoms with van der Waals surface area (Å²) in [5.74, 6) is -0.253. The Morgan fingerprint density at radius 3 is 2.27 bits per heavy atom. The predicted molar refractivity (Wildman–Crippen MR) is 131 cm³/mol. The van der Waals surface area contributed by atoms with Crippen molar-refractivity contribution in [1.82, 2.24) is 10.2 Å². The number of sulfonamides is 1. The van der Waals surface area contributed by atoms with Crippen molar-refractivity contribution >= 4 is 21.6 Å². The minimum Gasteiger partial charge on any atom is -0.348 e. The monoisotopic (exact) mass is 463 g/mol. The Balaban J connectivity index is 1.38. The topological polar surface area (TPSA) is 78.5 Å². The molecule has 7 heteroatoms. The SMILES string of the molecule is Cc1ccc(C(=O)NCc2ccc(CN3CCCC3)cc2)cc1NS(=O)(=O)c1ccccc1. The third kappa shape index (κ3) is 6.00. The smallest absolute Gasteiger partial charge is 0.261 e. The molecule has 1 aliphatic heterocycles. The first kappa shape index (κ1) is 23.0. The van der Waals surface area contributed by atoms with Crippen LogP contribution in [0.4, 0.5) is 5.69 Å². The first-order valence-electron chi connectivity index (χ1n) is 11.2. The molecule has 3 aromatic carbocycles. The van der Waals surface area contributed by atoms with Gasteiger partial charge in [0.25, 0.3) is 15.9 Å². The molecule has 0 saturated carbocycles. The summed E-state index contributed by atoms with van der Waals surface area (Å²) < 4.78 is 27.9. The molecule has 0 aromatic heterocycles. The molecular formula is C26H29N3O3S. The predicted octanol–water partition coefficient (Wildman–Crippen LogP) is 4.32. The average molecular weight is 464 g/mol. The molecule has 0 radical (unpaired) electrons. The Kier molecular flexibility index (Phi) is 7.11. The number of rotatable bonds is 8. The maximum Gasteiger partial charge on any atom is 0.261 e. The van der Waals surface area contributed by atoms with E-state index in [1.165, 1.54) is 30.5 Å². The second-order valence-electron chi connectivity index (χ2n) is 8.43. The number of anilines is 1. The van der Waals surface area contributed by atoms with Gasteiger partial charge in [-0.2, -0.15) is 0 Å². The van der Waals surface area contributed by atoms with Crippen LogP contribution in [0.25, 0.3) is 0 Å². The molecule has 1 saturated heterocycles. The Morgan fingerprint density at radius 1 is 0.909 bits per heavy atom. The minimum absolute atomic E-state index is 0.174. The number of nitrogens with zero attached hydrogens (tertiary/aromatic N) is 1. The van der Waals surface area contributed by atoms with Gasteiger partial charge in [-0.25, -0.2) is 8.42 Å². The Labute approximate surface area is 195 Å². The first-order valence-corrected chi connectivity index (χ1v) is 12.7. The van der Waals surface area contributed by atoms with Crippen LogP contribution >= 0.6 is 0 Å². The molecule has 4 rings (SSSR count). The van der Waals surface area contributed by atoms with Crippen molar-refractivity contribution in [2.45, 2.75) is 37.8 Å². The lowest BCUT2D eigenvalue weighted by molar-refractivity contribution is 0.0951. The van der Waals surface area contributed by atoms with Crippen molar-refractivity contribution in [2.24, 2.45) is 0 Å². The van der Waals surface area contributed by atoms with Crippen LogP contribution in [0, 0.1) is 6.92 Å². The van der Waals surface area contributed by atoms with Crippen molar-refractivity contribution in [3.05, 3.63) is 95.1 Å². The minimum atomic E-state index is -3.73. The molecule has 1 heterocycles. The van der Waals surface area contributed by atoms with E-state index in [0.717, 1.165) is 30.8 Å². The molecule has 0 aliphatic carbocycles. The van der Waals surface area contributed by atoms with Gasteiger partial charge in [0.15, 0.2) is 0 Å². The lowest BCUT2D eigenvalue weighted by Gasteiger charge is -2.15. The number of amides is 1. The molecular weight excluding hydrogens is 434 g/mol. The highest BCUT2D eigenvalue weighted by molar-refractivity contribution is 7.92. The maximum absolute atomic E-state index is 12.7. The highest BCUT2D eigenvalue weighted by Crippen LogP contribution is 2.21. The van der Waals surface area contributed by atoms with E-state index < -0.39 is 10.0 Å². The summed E-state index contributed by atoms with van der Waals surface area (Å²) in [6.45, 7) is 5.50. The van der Waals surface area contributed by atoms with Crippen molar-refractivity contribution in [1.29, 1.82) is 0 Å². The summed E-state index contributed by atoms with van der Waals surface area (Å²) in [4.78, 5) is 15.3. The van der Waals surface area contributed by atoms with E-state index in [2.05, 4.69) is 27.1 Å². The van der Waals surface area contributed by atoms with E-state index in [1.807, 2.05) is 12.1 Å². The first-order chi connectivity index (χ1) is 15.9. The summed E-state index contributed by atoms with van der Waals surface area (Å²) in [6.07, 6.45) is 2.55. The summed E-state index contributed by atoms with van der Waals surface area (Å²) in [6, 6.07) is 21.5. The number of benzene rings is 3. The fraction of sp³-hybridized carbons (Fsp3) is 0.269. The molecule has 172 valence electrons. The number of nitrogens with one attached hydrogen (secondary N) is 2. The molecule has 0 atom stereocenters. The van der Waals surface area contributed by atoms with Crippen molar-refractivity contribution in [3.8, 4) is 0 Å². The van der Waals surface area contributed by atoms with Gasteiger partial charge in [-0.3, -0.25) is 14.4 Å². The van der Waals surface area contributed by atoms with E-state index in [0.29, 0.717) is 17.8 Å². The van der Waals surface area contributed by atoms with Gasteiger partial charge < -0.3 is 5.32 Å². The van der Waals surface area contributed by atoms with Gasteiger partial charge in [0.2, 0.25) is 0 Å². The average Bonchev–Trinajstić information content (AvgIpc) is 3.33. The Morgan fingerprint density at radius 2 is 1.58 bits per heavy atom. The fourth-order valence-electron chi connectivity index (χ4n) is 3.92. The van der Waals surface area contributed by atoms with E-state index >= 15 is 0 Å². The Bertz CT molecular complexity index is 1200. The normalized spacial score (nSPS) is 14.2. The van der Waals surface area contributed by atoms with Crippen LogP contribution in [0.15, 0.2) is 77.7 Å². The summed E-state index contributed by atoms with van der Waals surface area (Å²) in [5, 5.41) is 2.92. The lowest BCUT2D eigenvalue weighted by Crippen LogP contribution is -2.23. The summed E-state index contributed by atoms with van der Waals surface area (Å²) in [5.41, 5.74) is 3.82. The van der Waals surface area contributed by atoms with Crippen molar-refractivity contribution in [3.63, 3.8) is 0 Å². The summed E-state index contributed by atoms with van der Waals surface area (Å²) >= 11 is 0. The van der Waals surface area contributed by atoms with E-state index in [1.54, 1.807) is 43.3 Å². The van der Waals surface area contributed by atoms with Crippen LogP contribution < -0.4 is 10.0 Å².